The second-order valence-electron chi connectivity index (χ2n) is 5.62. The molecule has 1 amide bonds. The van der Waals surface area contributed by atoms with Crippen LogP contribution < -0.4 is 5.32 Å². The Morgan fingerprint density at radius 2 is 2.00 bits per heavy atom. The summed E-state index contributed by atoms with van der Waals surface area (Å²) in [5.74, 6) is 0. The van der Waals surface area contributed by atoms with Crippen LogP contribution in [-0.4, -0.2) is 56.0 Å². The molecule has 5 nitrogen and oxygen atoms in total. The van der Waals surface area contributed by atoms with Crippen molar-refractivity contribution in [1.29, 1.82) is 0 Å². The summed E-state index contributed by atoms with van der Waals surface area (Å²) in [5, 5.41) is 3.07. The highest BCUT2D eigenvalue weighted by molar-refractivity contribution is 5.68. The fourth-order valence-corrected chi connectivity index (χ4v) is 1.97. The number of amides is 1. The zero-order valence-corrected chi connectivity index (χ0v) is 12.0. The average Bonchev–Trinajstić information content (AvgIpc) is 2.28. The molecule has 106 valence electrons. The number of nitrogens with zero attached hydrogens (tertiary/aromatic N) is 1. The molecule has 0 aromatic rings. The summed E-state index contributed by atoms with van der Waals surface area (Å²) in [6.07, 6.45) is 1.57. The van der Waals surface area contributed by atoms with Gasteiger partial charge in [0.1, 0.15) is 5.60 Å². The molecule has 18 heavy (non-hydrogen) atoms. The van der Waals surface area contributed by atoms with Crippen molar-refractivity contribution in [3.63, 3.8) is 0 Å². The highest BCUT2D eigenvalue weighted by Crippen LogP contribution is 2.18. The van der Waals surface area contributed by atoms with Gasteiger partial charge in [0, 0.05) is 32.3 Å². The van der Waals surface area contributed by atoms with Crippen LogP contribution in [0.25, 0.3) is 0 Å². The Balaban J connectivity index is 2.60. The maximum atomic E-state index is 12.2. The minimum atomic E-state index is -0.444. The first-order valence-corrected chi connectivity index (χ1v) is 6.66. The van der Waals surface area contributed by atoms with Gasteiger partial charge in [0.05, 0.1) is 0 Å². The molecule has 0 bridgehead atoms. The van der Waals surface area contributed by atoms with Crippen LogP contribution in [0.2, 0.25) is 0 Å². The summed E-state index contributed by atoms with van der Waals surface area (Å²) < 4.78 is 10.8. The molecule has 0 aliphatic carbocycles. The number of ether oxygens (including phenoxy) is 2. The van der Waals surface area contributed by atoms with E-state index in [1.165, 1.54) is 0 Å². The Labute approximate surface area is 110 Å². The molecule has 1 aliphatic rings. The second-order valence-corrected chi connectivity index (χ2v) is 5.62. The van der Waals surface area contributed by atoms with Crippen molar-refractivity contribution < 1.29 is 14.3 Å². The summed E-state index contributed by atoms with van der Waals surface area (Å²) in [4.78, 5) is 14.0. The van der Waals surface area contributed by atoms with Crippen molar-refractivity contribution in [3.05, 3.63) is 0 Å². The number of likely N-dealkylation sites (N-methyl/N-ethyl adjacent to an activating group) is 1. The summed E-state index contributed by atoms with van der Waals surface area (Å²) >= 11 is 0. The van der Waals surface area contributed by atoms with Gasteiger partial charge in [-0.2, -0.15) is 0 Å². The molecule has 1 heterocycles. The largest absolute Gasteiger partial charge is 0.444 e. The average molecular weight is 258 g/mol. The van der Waals surface area contributed by atoms with Gasteiger partial charge in [-0.15, -0.1) is 0 Å². The van der Waals surface area contributed by atoms with E-state index in [0.29, 0.717) is 6.54 Å². The predicted molar refractivity (Wildman–Crippen MR) is 70.7 cm³/mol. The van der Waals surface area contributed by atoms with E-state index in [-0.39, 0.29) is 12.1 Å². The van der Waals surface area contributed by atoms with Crippen molar-refractivity contribution in [2.75, 3.05) is 33.4 Å². The third-order valence-corrected chi connectivity index (χ3v) is 2.86. The van der Waals surface area contributed by atoms with Gasteiger partial charge >= 0.3 is 6.09 Å². The topological polar surface area (TPSA) is 50.8 Å². The standard InChI is InChI=1S/C13H26N2O3/c1-13(2,3)18-12(16)15(8-7-14-4)11-5-9-17-10-6-11/h11,14H,5-10H2,1-4H3. The first-order chi connectivity index (χ1) is 8.44. The first-order valence-electron chi connectivity index (χ1n) is 6.66. The molecule has 1 aliphatic heterocycles. The molecular formula is C13H26N2O3. The van der Waals surface area contributed by atoms with E-state index in [2.05, 4.69) is 5.32 Å². The number of rotatable bonds is 4. The number of nitrogens with one attached hydrogen (secondary N) is 1. The van der Waals surface area contributed by atoms with E-state index in [0.717, 1.165) is 32.6 Å². The van der Waals surface area contributed by atoms with Crippen LogP contribution in [0.3, 0.4) is 0 Å². The Morgan fingerprint density at radius 1 is 1.39 bits per heavy atom. The van der Waals surface area contributed by atoms with Gasteiger partial charge in [-0.1, -0.05) is 0 Å². The van der Waals surface area contributed by atoms with E-state index in [4.69, 9.17) is 9.47 Å². The van der Waals surface area contributed by atoms with Crippen molar-refractivity contribution in [2.24, 2.45) is 0 Å². The van der Waals surface area contributed by atoms with Crippen molar-refractivity contribution in [1.82, 2.24) is 10.2 Å². The van der Waals surface area contributed by atoms with Crippen LogP contribution in [-0.2, 0) is 9.47 Å². The zero-order chi connectivity index (χ0) is 13.6. The molecule has 1 fully saturated rings. The number of carbonyl (C=O) groups is 1. The predicted octanol–water partition coefficient (Wildman–Crippen LogP) is 1.62. The van der Waals surface area contributed by atoms with E-state index in [9.17, 15) is 4.79 Å². The molecule has 0 radical (unpaired) electrons. The van der Waals surface area contributed by atoms with Crippen molar-refractivity contribution >= 4 is 6.09 Å². The molecule has 0 saturated carbocycles. The van der Waals surface area contributed by atoms with Crippen LogP contribution in [0.1, 0.15) is 33.6 Å². The van der Waals surface area contributed by atoms with Crippen LogP contribution in [0.5, 0.6) is 0 Å². The minimum absolute atomic E-state index is 0.218. The number of hydrogen-bond acceptors (Lipinski definition) is 4. The minimum Gasteiger partial charge on any atom is -0.444 e. The van der Waals surface area contributed by atoms with Crippen molar-refractivity contribution in [3.8, 4) is 0 Å². The molecule has 0 atom stereocenters. The molecule has 5 heteroatoms. The maximum Gasteiger partial charge on any atom is 0.410 e. The van der Waals surface area contributed by atoms with Gasteiger partial charge in [0.2, 0.25) is 0 Å². The number of hydrogen-bond donors (Lipinski definition) is 1. The molecular weight excluding hydrogens is 232 g/mol. The smallest absolute Gasteiger partial charge is 0.410 e. The third kappa shape index (κ3) is 5.23. The normalized spacial score (nSPS) is 17.6. The summed E-state index contributed by atoms with van der Waals surface area (Å²) in [6, 6.07) is 0.238. The second kappa shape index (κ2) is 6.95. The Kier molecular flexibility index (Phi) is 5.88. The van der Waals surface area contributed by atoms with Crippen LogP contribution in [0, 0.1) is 0 Å². The summed E-state index contributed by atoms with van der Waals surface area (Å²) in [5.41, 5.74) is -0.444. The molecule has 0 spiro atoms. The molecule has 1 N–H and O–H groups in total. The molecule has 0 aromatic heterocycles. The van der Waals surface area contributed by atoms with Crippen LogP contribution >= 0.6 is 0 Å². The lowest BCUT2D eigenvalue weighted by atomic mass is 10.1. The van der Waals surface area contributed by atoms with E-state index in [1.54, 1.807) is 0 Å². The fourth-order valence-electron chi connectivity index (χ4n) is 1.97. The highest BCUT2D eigenvalue weighted by atomic mass is 16.6. The van der Waals surface area contributed by atoms with Gasteiger partial charge in [0.25, 0.3) is 0 Å². The quantitative estimate of drug-likeness (QED) is 0.832. The van der Waals surface area contributed by atoms with Crippen LogP contribution in [0.15, 0.2) is 0 Å². The maximum absolute atomic E-state index is 12.2. The van der Waals surface area contributed by atoms with Gasteiger partial charge < -0.3 is 19.7 Å². The van der Waals surface area contributed by atoms with Gasteiger partial charge in [-0.05, 0) is 40.7 Å². The third-order valence-electron chi connectivity index (χ3n) is 2.86. The highest BCUT2D eigenvalue weighted by Gasteiger charge is 2.29. The molecule has 1 saturated heterocycles. The van der Waals surface area contributed by atoms with Crippen LogP contribution in [0.4, 0.5) is 4.79 Å². The molecule has 0 aromatic carbocycles. The SMILES string of the molecule is CNCCN(C(=O)OC(C)(C)C)C1CCOCC1. The lowest BCUT2D eigenvalue weighted by Gasteiger charge is -2.35. The van der Waals surface area contributed by atoms with E-state index < -0.39 is 5.60 Å². The Bertz CT molecular complexity index is 257. The lowest BCUT2D eigenvalue weighted by Crippen LogP contribution is -2.48. The summed E-state index contributed by atoms with van der Waals surface area (Å²) in [6.45, 7) is 8.58. The lowest BCUT2D eigenvalue weighted by molar-refractivity contribution is -0.00511. The van der Waals surface area contributed by atoms with E-state index in [1.807, 2.05) is 32.7 Å². The van der Waals surface area contributed by atoms with Crippen molar-refractivity contribution in [2.45, 2.75) is 45.3 Å². The van der Waals surface area contributed by atoms with E-state index >= 15 is 0 Å². The summed E-state index contributed by atoms with van der Waals surface area (Å²) in [7, 11) is 1.89. The number of carbonyl (C=O) groups excluding carboxylic acids is 1. The van der Waals surface area contributed by atoms with Gasteiger partial charge in [-0.25, -0.2) is 4.79 Å². The van der Waals surface area contributed by atoms with Gasteiger partial charge in [-0.3, -0.25) is 0 Å². The first kappa shape index (κ1) is 15.2. The molecule has 0 unspecified atom stereocenters. The van der Waals surface area contributed by atoms with Gasteiger partial charge in [0.15, 0.2) is 0 Å². The fraction of sp³-hybridized carbons (Fsp3) is 0.923. The zero-order valence-electron chi connectivity index (χ0n) is 12.0. The Morgan fingerprint density at radius 3 is 2.50 bits per heavy atom. The monoisotopic (exact) mass is 258 g/mol. The molecule has 1 rings (SSSR count). The Hall–Kier alpha value is -0.810.